The molecular formula is C83H162O17P2. The van der Waals surface area contributed by atoms with Gasteiger partial charge in [0, 0.05) is 25.7 Å². The van der Waals surface area contributed by atoms with E-state index in [-0.39, 0.29) is 25.7 Å². The van der Waals surface area contributed by atoms with Crippen LogP contribution in [0.1, 0.15) is 434 Å². The van der Waals surface area contributed by atoms with Crippen LogP contribution in [-0.4, -0.2) is 96.7 Å². The first-order valence-corrected chi connectivity index (χ1v) is 45.9. The molecule has 0 bridgehead atoms. The van der Waals surface area contributed by atoms with Gasteiger partial charge in [-0.05, 0) is 43.4 Å². The molecular weight excluding hydrogens is 1330 g/mol. The predicted molar refractivity (Wildman–Crippen MR) is 418 cm³/mol. The zero-order valence-electron chi connectivity index (χ0n) is 67.1. The highest BCUT2D eigenvalue weighted by molar-refractivity contribution is 7.47. The monoisotopic (exact) mass is 1490 g/mol. The van der Waals surface area contributed by atoms with E-state index in [2.05, 4.69) is 48.5 Å². The lowest BCUT2D eigenvalue weighted by Gasteiger charge is -2.21. The van der Waals surface area contributed by atoms with Gasteiger partial charge in [-0.3, -0.25) is 37.3 Å². The van der Waals surface area contributed by atoms with Crippen LogP contribution in [0.4, 0.5) is 0 Å². The van der Waals surface area contributed by atoms with Crippen molar-refractivity contribution in [2.75, 3.05) is 39.6 Å². The molecule has 0 fully saturated rings. The Morgan fingerprint density at radius 2 is 0.500 bits per heavy atom. The van der Waals surface area contributed by atoms with E-state index in [1.165, 1.54) is 244 Å². The van der Waals surface area contributed by atoms with Crippen molar-refractivity contribution in [3.63, 3.8) is 0 Å². The van der Waals surface area contributed by atoms with Crippen LogP contribution in [0, 0.1) is 17.8 Å². The van der Waals surface area contributed by atoms with E-state index in [1.807, 2.05) is 0 Å². The zero-order chi connectivity index (χ0) is 75.1. The van der Waals surface area contributed by atoms with Crippen LogP contribution < -0.4 is 0 Å². The van der Waals surface area contributed by atoms with Crippen LogP contribution in [0.15, 0.2) is 0 Å². The maximum absolute atomic E-state index is 13.1. The van der Waals surface area contributed by atoms with Gasteiger partial charge in [0.2, 0.25) is 0 Å². The number of hydrogen-bond donors (Lipinski definition) is 3. The van der Waals surface area contributed by atoms with E-state index >= 15 is 0 Å². The second-order valence-electron chi connectivity index (χ2n) is 31.1. The number of aliphatic hydroxyl groups is 1. The lowest BCUT2D eigenvalue weighted by Crippen LogP contribution is -2.30. The molecule has 0 aliphatic heterocycles. The van der Waals surface area contributed by atoms with Crippen molar-refractivity contribution in [1.29, 1.82) is 0 Å². The molecule has 0 aliphatic carbocycles. The Labute approximate surface area is 626 Å². The number of carbonyl (C=O) groups excluding carboxylic acids is 4. The minimum atomic E-state index is -4.96. The number of phosphoric ester groups is 2. The first kappa shape index (κ1) is 100. The summed E-state index contributed by atoms with van der Waals surface area (Å²) in [6, 6.07) is 0. The Balaban J connectivity index is 5.21. The third-order valence-corrected chi connectivity index (χ3v) is 21.6. The molecule has 19 heteroatoms. The minimum absolute atomic E-state index is 0.104. The number of unbranched alkanes of at least 4 members (excludes halogenated alkanes) is 48. The molecule has 0 saturated carbocycles. The first-order chi connectivity index (χ1) is 49.3. The van der Waals surface area contributed by atoms with Gasteiger partial charge in [0.1, 0.15) is 19.3 Å². The van der Waals surface area contributed by atoms with Crippen LogP contribution in [0.25, 0.3) is 0 Å². The number of ether oxygens (including phenoxy) is 4. The summed E-state index contributed by atoms with van der Waals surface area (Å²) in [5.41, 5.74) is 0. The molecule has 0 spiro atoms. The molecule has 0 heterocycles. The molecule has 0 aromatic rings. The Hall–Kier alpha value is -1.94. The average molecular weight is 1490 g/mol. The highest BCUT2D eigenvalue weighted by atomic mass is 31.2. The third kappa shape index (κ3) is 74.9. The van der Waals surface area contributed by atoms with Gasteiger partial charge >= 0.3 is 39.5 Å². The fourth-order valence-corrected chi connectivity index (χ4v) is 14.4. The summed E-state index contributed by atoms with van der Waals surface area (Å²) in [6.07, 6.45) is 62.7. The summed E-state index contributed by atoms with van der Waals surface area (Å²) >= 11 is 0. The molecule has 3 unspecified atom stereocenters. The SMILES string of the molecule is CCCCCCCCCCCCCCCCCCCCCCCCC(=O)O[C@H](COC(=O)CCCCCCCCCCCCCCCCC(C)CC)COP(=O)(O)OC[C@@H](O)COP(=O)(O)OC[C@@H](COC(=O)CCCCCCCCCCC(C)C)OC(=O)CCCCCCCCCCC(C)C. The second-order valence-corrected chi connectivity index (χ2v) is 34.0. The van der Waals surface area contributed by atoms with Crippen LogP contribution in [0.5, 0.6) is 0 Å². The Morgan fingerprint density at radius 1 is 0.284 bits per heavy atom. The standard InChI is InChI=1S/C83H162O17P2/c1-8-10-11-12-13-14-15-16-17-18-19-20-21-22-23-24-29-32-35-45-52-59-66-82(87)99-78(70-93-80(85)64-57-50-43-34-31-28-26-25-27-30-33-42-49-56-63-76(7)9-2)72-97-101(89,90)95-68-77(84)69-96-102(91,92)98-73-79(100-83(88)67-60-53-46-39-37-41-48-55-62-75(5)6)71-94-81(86)65-58-51-44-38-36-40-47-54-61-74(3)4/h74-79,84H,8-73H2,1-7H3,(H,89,90)(H,91,92)/t76?,77-,78-,79-/m1/s1. The van der Waals surface area contributed by atoms with E-state index in [1.54, 1.807) is 0 Å². The molecule has 102 heavy (non-hydrogen) atoms. The molecule has 17 nitrogen and oxygen atoms in total. The molecule has 0 aromatic carbocycles. The summed E-state index contributed by atoms with van der Waals surface area (Å²) in [5.74, 6) is 0.182. The summed E-state index contributed by atoms with van der Waals surface area (Å²) in [4.78, 5) is 73.0. The smallest absolute Gasteiger partial charge is 0.462 e. The first-order valence-electron chi connectivity index (χ1n) is 42.9. The lowest BCUT2D eigenvalue weighted by molar-refractivity contribution is -0.161. The average Bonchev–Trinajstić information content (AvgIpc) is 1.02. The van der Waals surface area contributed by atoms with E-state index in [4.69, 9.17) is 37.0 Å². The van der Waals surface area contributed by atoms with Crippen molar-refractivity contribution in [3.05, 3.63) is 0 Å². The fourth-order valence-electron chi connectivity index (χ4n) is 12.8. The molecule has 0 amide bonds. The van der Waals surface area contributed by atoms with Crippen molar-refractivity contribution in [2.24, 2.45) is 17.8 Å². The highest BCUT2D eigenvalue weighted by Gasteiger charge is 2.30. The zero-order valence-corrected chi connectivity index (χ0v) is 68.9. The minimum Gasteiger partial charge on any atom is -0.462 e. The molecule has 0 aliphatic rings. The Bertz CT molecular complexity index is 1980. The molecule has 3 N–H and O–H groups in total. The number of esters is 4. The van der Waals surface area contributed by atoms with Gasteiger partial charge in [0.15, 0.2) is 12.2 Å². The van der Waals surface area contributed by atoms with Gasteiger partial charge in [-0.1, -0.05) is 382 Å². The second kappa shape index (κ2) is 73.2. The van der Waals surface area contributed by atoms with Crippen molar-refractivity contribution in [3.8, 4) is 0 Å². The van der Waals surface area contributed by atoms with Gasteiger partial charge in [-0.15, -0.1) is 0 Å². The molecule has 0 rings (SSSR count). The van der Waals surface area contributed by atoms with Crippen molar-refractivity contribution in [1.82, 2.24) is 0 Å². The number of aliphatic hydroxyl groups excluding tert-OH is 1. The summed E-state index contributed by atoms with van der Waals surface area (Å²) in [7, 11) is -9.92. The van der Waals surface area contributed by atoms with Gasteiger partial charge in [-0.25, -0.2) is 9.13 Å². The summed E-state index contributed by atoms with van der Waals surface area (Å²) < 4.78 is 68.7. The molecule has 606 valence electrons. The fraction of sp³-hybridized carbons (Fsp3) is 0.952. The summed E-state index contributed by atoms with van der Waals surface area (Å²) in [5, 5.41) is 10.6. The van der Waals surface area contributed by atoms with Crippen LogP contribution in [0.3, 0.4) is 0 Å². The van der Waals surface area contributed by atoms with Crippen LogP contribution >= 0.6 is 15.6 Å². The van der Waals surface area contributed by atoms with E-state index in [0.29, 0.717) is 25.7 Å². The molecule has 0 saturated heterocycles. The Morgan fingerprint density at radius 3 is 0.745 bits per heavy atom. The van der Waals surface area contributed by atoms with Crippen molar-refractivity contribution < 1.29 is 80.2 Å². The number of rotatable bonds is 81. The summed E-state index contributed by atoms with van der Waals surface area (Å²) in [6.45, 7) is 11.9. The normalized spacial score (nSPS) is 14.2. The number of phosphoric acid groups is 2. The van der Waals surface area contributed by atoms with Gasteiger partial charge in [0.25, 0.3) is 0 Å². The van der Waals surface area contributed by atoms with Crippen molar-refractivity contribution in [2.45, 2.75) is 452 Å². The highest BCUT2D eigenvalue weighted by Crippen LogP contribution is 2.45. The van der Waals surface area contributed by atoms with E-state index in [9.17, 15) is 43.2 Å². The van der Waals surface area contributed by atoms with Gasteiger partial charge < -0.3 is 33.8 Å². The number of hydrogen-bond acceptors (Lipinski definition) is 15. The third-order valence-electron chi connectivity index (χ3n) is 19.7. The number of carbonyl (C=O) groups is 4. The van der Waals surface area contributed by atoms with Crippen LogP contribution in [0.2, 0.25) is 0 Å². The molecule has 0 aromatic heterocycles. The maximum Gasteiger partial charge on any atom is 0.472 e. The Kier molecular flexibility index (Phi) is 71.8. The van der Waals surface area contributed by atoms with E-state index in [0.717, 1.165) is 108 Å². The molecule has 0 radical (unpaired) electrons. The topological polar surface area (TPSA) is 237 Å². The maximum atomic E-state index is 13.1. The predicted octanol–water partition coefficient (Wildman–Crippen LogP) is 24.9. The van der Waals surface area contributed by atoms with Crippen molar-refractivity contribution >= 4 is 39.5 Å². The quantitative estimate of drug-likeness (QED) is 0.0222. The lowest BCUT2D eigenvalue weighted by atomic mass is 9.99. The molecule has 6 atom stereocenters. The van der Waals surface area contributed by atoms with Gasteiger partial charge in [-0.2, -0.15) is 0 Å². The van der Waals surface area contributed by atoms with E-state index < -0.39 is 97.5 Å². The largest absolute Gasteiger partial charge is 0.472 e. The van der Waals surface area contributed by atoms with Gasteiger partial charge in [0.05, 0.1) is 26.4 Å². The van der Waals surface area contributed by atoms with Crippen LogP contribution in [-0.2, 0) is 65.4 Å².